The Kier molecular flexibility index (Phi) is 6.64. The molecule has 0 saturated heterocycles. The van der Waals surface area contributed by atoms with Crippen molar-refractivity contribution in [1.82, 2.24) is 10.3 Å². The molecular weight excluding hydrogens is 274 g/mol. The van der Waals surface area contributed by atoms with Crippen LogP contribution in [0.4, 0.5) is 5.69 Å². The Morgan fingerprint density at radius 2 is 2.20 bits per heavy atom. The molecule has 2 unspecified atom stereocenters. The highest BCUT2D eigenvalue weighted by atomic mass is 32.2. The van der Waals surface area contributed by atoms with Crippen molar-refractivity contribution in [2.24, 2.45) is 0 Å². The summed E-state index contributed by atoms with van der Waals surface area (Å²) in [5.74, 6) is 0.261. The summed E-state index contributed by atoms with van der Waals surface area (Å²) in [6.45, 7) is 6.61. The van der Waals surface area contributed by atoms with Crippen molar-refractivity contribution in [3.8, 4) is 0 Å². The first-order valence-electron chi connectivity index (χ1n) is 6.75. The first-order chi connectivity index (χ1) is 9.43. The van der Waals surface area contributed by atoms with E-state index in [1.807, 2.05) is 19.9 Å². The lowest BCUT2D eigenvalue weighted by molar-refractivity contribution is 0.0944. The number of pyridine rings is 1. The molecule has 6 heteroatoms. The number of carbonyl (C=O) groups excluding carboxylic acids is 1. The number of nitrogens with one attached hydrogen (secondary N) is 2. The van der Waals surface area contributed by atoms with Crippen LogP contribution in [0, 0.1) is 6.92 Å². The highest BCUT2D eigenvalue weighted by Gasteiger charge is 2.15. The van der Waals surface area contributed by atoms with E-state index >= 15 is 0 Å². The van der Waals surface area contributed by atoms with Gasteiger partial charge in [-0.25, -0.2) is 0 Å². The smallest absolute Gasteiger partial charge is 0.255 e. The van der Waals surface area contributed by atoms with Gasteiger partial charge in [-0.05, 0) is 26.3 Å². The number of aryl methyl sites for hydroxylation is 1. The maximum Gasteiger partial charge on any atom is 0.255 e. The van der Waals surface area contributed by atoms with E-state index in [1.165, 1.54) is 0 Å². The minimum Gasteiger partial charge on any atom is -0.384 e. The van der Waals surface area contributed by atoms with Crippen LogP contribution in [0.3, 0.4) is 0 Å². The third-order valence-corrected chi connectivity index (χ3v) is 3.68. The van der Waals surface area contributed by atoms with E-state index in [9.17, 15) is 9.00 Å². The van der Waals surface area contributed by atoms with Crippen LogP contribution < -0.4 is 10.6 Å². The molecule has 2 atom stereocenters. The second-order valence-electron chi connectivity index (χ2n) is 4.91. The summed E-state index contributed by atoms with van der Waals surface area (Å²) in [4.78, 5) is 16.4. The van der Waals surface area contributed by atoms with Crippen molar-refractivity contribution in [3.05, 3.63) is 23.5 Å². The van der Waals surface area contributed by atoms with E-state index in [4.69, 9.17) is 0 Å². The number of hydrogen-bond acceptors (Lipinski definition) is 4. The summed E-state index contributed by atoms with van der Waals surface area (Å²) < 4.78 is 11.2. The Labute approximate surface area is 123 Å². The largest absolute Gasteiger partial charge is 0.384 e. The third kappa shape index (κ3) is 5.28. The van der Waals surface area contributed by atoms with E-state index in [-0.39, 0.29) is 11.9 Å². The van der Waals surface area contributed by atoms with Gasteiger partial charge in [0, 0.05) is 47.3 Å². The van der Waals surface area contributed by atoms with Gasteiger partial charge in [0.1, 0.15) is 0 Å². The van der Waals surface area contributed by atoms with Gasteiger partial charge in [-0.15, -0.1) is 0 Å². The van der Waals surface area contributed by atoms with Gasteiger partial charge in [0.2, 0.25) is 0 Å². The lowest BCUT2D eigenvalue weighted by Crippen LogP contribution is -2.36. The second kappa shape index (κ2) is 7.99. The summed E-state index contributed by atoms with van der Waals surface area (Å²) in [5, 5.41) is 6.09. The molecule has 1 amide bonds. The fourth-order valence-corrected chi connectivity index (χ4v) is 2.63. The van der Waals surface area contributed by atoms with Crippen molar-refractivity contribution < 1.29 is 9.00 Å². The molecule has 112 valence electrons. The molecule has 0 bridgehead atoms. The zero-order chi connectivity index (χ0) is 15.1. The first kappa shape index (κ1) is 16.6. The molecule has 0 spiro atoms. The fourth-order valence-electron chi connectivity index (χ4n) is 1.84. The SMILES string of the molecule is CCCNc1cc(C)ncc1C(=O)NC(C)CS(C)=O. The maximum absolute atomic E-state index is 12.2. The number of hydrogen-bond donors (Lipinski definition) is 2. The lowest BCUT2D eigenvalue weighted by Gasteiger charge is -2.15. The molecule has 1 aromatic heterocycles. The predicted molar refractivity (Wildman–Crippen MR) is 83.6 cm³/mol. The normalized spacial score (nSPS) is 13.6. The highest BCUT2D eigenvalue weighted by Crippen LogP contribution is 2.16. The zero-order valence-electron chi connectivity index (χ0n) is 12.5. The molecule has 0 aliphatic heterocycles. The average molecular weight is 297 g/mol. The Morgan fingerprint density at radius 1 is 1.50 bits per heavy atom. The van der Waals surface area contributed by atoms with Gasteiger partial charge in [-0.1, -0.05) is 6.92 Å². The number of anilines is 1. The molecule has 2 N–H and O–H groups in total. The van der Waals surface area contributed by atoms with E-state index in [0.717, 1.165) is 24.3 Å². The van der Waals surface area contributed by atoms with Gasteiger partial charge in [0.25, 0.3) is 5.91 Å². The maximum atomic E-state index is 12.2. The minimum absolute atomic E-state index is 0.131. The molecule has 0 aliphatic rings. The van der Waals surface area contributed by atoms with Crippen LogP contribution >= 0.6 is 0 Å². The van der Waals surface area contributed by atoms with E-state index in [1.54, 1.807) is 12.5 Å². The Balaban J connectivity index is 2.83. The molecule has 1 aromatic rings. The molecule has 0 aromatic carbocycles. The zero-order valence-corrected chi connectivity index (χ0v) is 13.3. The van der Waals surface area contributed by atoms with Crippen LogP contribution in [0.15, 0.2) is 12.3 Å². The second-order valence-corrected chi connectivity index (χ2v) is 6.39. The fraction of sp³-hybridized carbons (Fsp3) is 0.571. The van der Waals surface area contributed by atoms with Crippen molar-refractivity contribution in [2.45, 2.75) is 33.2 Å². The van der Waals surface area contributed by atoms with Crippen LogP contribution in [0.2, 0.25) is 0 Å². The Morgan fingerprint density at radius 3 is 2.80 bits per heavy atom. The van der Waals surface area contributed by atoms with Crippen LogP contribution in [-0.4, -0.2) is 39.7 Å². The molecule has 1 rings (SSSR count). The Hall–Kier alpha value is -1.43. The summed E-state index contributed by atoms with van der Waals surface area (Å²) in [5.41, 5.74) is 2.18. The number of amides is 1. The predicted octanol–water partition coefficient (Wildman–Crippen LogP) is 1.71. The van der Waals surface area contributed by atoms with Gasteiger partial charge < -0.3 is 10.6 Å². The van der Waals surface area contributed by atoms with Crippen LogP contribution in [0.25, 0.3) is 0 Å². The number of carbonyl (C=O) groups is 1. The van der Waals surface area contributed by atoms with E-state index in [2.05, 4.69) is 22.5 Å². The van der Waals surface area contributed by atoms with E-state index < -0.39 is 10.8 Å². The first-order valence-corrected chi connectivity index (χ1v) is 8.48. The molecular formula is C14H23N3O2S. The summed E-state index contributed by atoms with van der Waals surface area (Å²) in [6, 6.07) is 1.74. The van der Waals surface area contributed by atoms with E-state index in [0.29, 0.717) is 11.3 Å². The van der Waals surface area contributed by atoms with Gasteiger partial charge in [0.05, 0.1) is 11.3 Å². The molecule has 20 heavy (non-hydrogen) atoms. The molecule has 0 fully saturated rings. The average Bonchev–Trinajstić information content (AvgIpc) is 2.35. The quantitative estimate of drug-likeness (QED) is 0.804. The summed E-state index contributed by atoms with van der Waals surface area (Å²) in [6.07, 6.45) is 4.19. The minimum atomic E-state index is -0.928. The molecule has 5 nitrogen and oxygen atoms in total. The topological polar surface area (TPSA) is 71.1 Å². The van der Waals surface area contributed by atoms with Gasteiger partial charge in [0.15, 0.2) is 0 Å². The van der Waals surface area contributed by atoms with Gasteiger partial charge >= 0.3 is 0 Å². The Bertz CT molecular complexity index is 491. The monoisotopic (exact) mass is 297 g/mol. The molecule has 1 heterocycles. The molecule has 0 saturated carbocycles. The van der Waals surface area contributed by atoms with Crippen LogP contribution in [-0.2, 0) is 10.8 Å². The van der Waals surface area contributed by atoms with Crippen LogP contribution in [0.5, 0.6) is 0 Å². The van der Waals surface area contributed by atoms with Crippen molar-refractivity contribution >= 4 is 22.4 Å². The van der Waals surface area contributed by atoms with Crippen molar-refractivity contribution in [1.29, 1.82) is 0 Å². The van der Waals surface area contributed by atoms with Gasteiger partial charge in [-0.3, -0.25) is 14.0 Å². The lowest BCUT2D eigenvalue weighted by atomic mass is 10.2. The number of aromatic nitrogens is 1. The third-order valence-electron chi connectivity index (χ3n) is 2.71. The van der Waals surface area contributed by atoms with Crippen molar-refractivity contribution in [2.75, 3.05) is 23.9 Å². The van der Waals surface area contributed by atoms with Crippen molar-refractivity contribution in [3.63, 3.8) is 0 Å². The van der Waals surface area contributed by atoms with Crippen LogP contribution in [0.1, 0.15) is 36.3 Å². The highest BCUT2D eigenvalue weighted by molar-refractivity contribution is 7.84. The molecule has 0 radical (unpaired) electrons. The summed E-state index contributed by atoms with van der Waals surface area (Å²) in [7, 11) is -0.928. The standard InChI is InChI=1S/C14H23N3O2S/c1-5-6-15-13-7-10(2)16-8-12(13)14(18)17-11(3)9-20(4)19/h7-8,11H,5-6,9H2,1-4H3,(H,15,16)(H,17,18). The number of nitrogens with zero attached hydrogens (tertiary/aromatic N) is 1. The molecule has 0 aliphatic carbocycles. The van der Waals surface area contributed by atoms with Gasteiger partial charge in [-0.2, -0.15) is 0 Å². The number of rotatable bonds is 7. The summed E-state index contributed by atoms with van der Waals surface area (Å²) >= 11 is 0.